The second-order valence-corrected chi connectivity index (χ2v) is 9.39. The van der Waals surface area contributed by atoms with E-state index in [9.17, 15) is 8.42 Å². The number of anilines is 3. The summed E-state index contributed by atoms with van der Waals surface area (Å²) in [6.45, 7) is 7.18. The average molecular weight is 443 g/mol. The standard InChI is InChI=1S/C20H26N8O2S/c1-14-20(15(2)26(4)25-14)31(29,30)28-11-9-27(10-12-28)19-13-18(22-16(3)23-19)24-17-7-5-6-8-21-17/h5-8,13H,9-12H2,1-4H3,(H,21,22,23,24). The summed E-state index contributed by atoms with van der Waals surface area (Å²) in [6.07, 6.45) is 1.71. The van der Waals surface area contributed by atoms with E-state index in [4.69, 9.17) is 0 Å². The van der Waals surface area contributed by atoms with Crippen LogP contribution in [0.5, 0.6) is 0 Å². The largest absolute Gasteiger partial charge is 0.354 e. The summed E-state index contributed by atoms with van der Waals surface area (Å²) in [5, 5.41) is 7.45. The van der Waals surface area contributed by atoms with Gasteiger partial charge in [-0.25, -0.2) is 23.4 Å². The molecule has 3 aromatic heterocycles. The summed E-state index contributed by atoms with van der Waals surface area (Å²) in [4.78, 5) is 15.6. The van der Waals surface area contributed by atoms with Crippen molar-refractivity contribution in [1.29, 1.82) is 0 Å². The summed E-state index contributed by atoms with van der Waals surface area (Å²) < 4.78 is 29.6. The van der Waals surface area contributed by atoms with Crippen LogP contribution in [0.3, 0.4) is 0 Å². The Morgan fingerprint density at radius 2 is 1.74 bits per heavy atom. The quantitative estimate of drug-likeness (QED) is 0.637. The van der Waals surface area contributed by atoms with Crippen LogP contribution in [0.1, 0.15) is 17.2 Å². The highest BCUT2D eigenvalue weighted by atomic mass is 32.2. The summed E-state index contributed by atoms with van der Waals surface area (Å²) in [6, 6.07) is 7.48. The fourth-order valence-electron chi connectivity index (χ4n) is 3.76. The van der Waals surface area contributed by atoms with E-state index in [2.05, 4.69) is 30.3 Å². The molecule has 1 N–H and O–H groups in total. The minimum absolute atomic E-state index is 0.308. The molecule has 0 bridgehead atoms. The normalized spacial score (nSPS) is 15.3. The number of hydrogen-bond donors (Lipinski definition) is 1. The first-order valence-corrected chi connectivity index (χ1v) is 11.5. The Hall–Kier alpha value is -3.05. The first-order valence-electron chi connectivity index (χ1n) is 10.0. The maximum atomic E-state index is 13.2. The van der Waals surface area contributed by atoms with Crippen molar-refractivity contribution in [3.05, 3.63) is 47.7 Å². The number of pyridine rings is 1. The van der Waals surface area contributed by atoms with Gasteiger partial charge in [-0.05, 0) is 32.9 Å². The van der Waals surface area contributed by atoms with Crippen LogP contribution < -0.4 is 10.2 Å². The number of piperazine rings is 1. The fourth-order valence-corrected chi connectivity index (χ4v) is 5.58. The van der Waals surface area contributed by atoms with Gasteiger partial charge >= 0.3 is 0 Å². The molecule has 3 aromatic rings. The third kappa shape index (κ3) is 4.23. The lowest BCUT2D eigenvalue weighted by Gasteiger charge is -2.34. The number of hydrogen-bond acceptors (Lipinski definition) is 8. The maximum Gasteiger partial charge on any atom is 0.246 e. The van der Waals surface area contributed by atoms with Crippen LogP contribution in [0.25, 0.3) is 0 Å². The molecular weight excluding hydrogens is 416 g/mol. The molecule has 10 nitrogen and oxygen atoms in total. The number of aromatic nitrogens is 5. The van der Waals surface area contributed by atoms with Crippen LogP contribution in [0, 0.1) is 20.8 Å². The molecule has 0 spiro atoms. The molecule has 1 aliphatic heterocycles. The van der Waals surface area contributed by atoms with E-state index in [-0.39, 0.29) is 0 Å². The number of aryl methyl sites for hydroxylation is 3. The third-order valence-electron chi connectivity index (χ3n) is 5.35. The Balaban J connectivity index is 1.50. The summed E-state index contributed by atoms with van der Waals surface area (Å²) in [7, 11) is -1.84. The zero-order valence-electron chi connectivity index (χ0n) is 18.1. The minimum atomic E-state index is -3.60. The maximum absolute atomic E-state index is 13.2. The molecule has 4 heterocycles. The second-order valence-electron chi connectivity index (χ2n) is 7.51. The first-order chi connectivity index (χ1) is 14.8. The zero-order chi connectivity index (χ0) is 22.2. The van der Waals surface area contributed by atoms with Crippen molar-refractivity contribution in [2.24, 2.45) is 7.05 Å². The SMILES string of the molecule is Cc1nc(Nc2ccccn2)cc(N2CCN(S(=O)(=O)c3c(C)nn(C)c3C)CC2)n1. The van der Waals surface area contributed by atoms with Crippen molar-refractivity contribution < 1.29 is 8.42 Å². The molecule has 164 valence electrons. The number of rotatable bonds is 5. The van der Waals surface area contributed by atoms with E-state index in [0.717, 1.165) is 5.82 Å². The summed E-state index contributed by atoms with van der Waals surface area (Å²) >= 11 is 0. The third-order valence-corrected chi connectivity index (χ3v) is 7.50. The lowest BCUT2D eigenvalue weighted by Crippen LogP contribution is -2.49. The Morgan fingerprint density at radius 3 is 2.35 bits per heavy atom. The van der Waals surface area contributed by atoms with Gasteiger partial charge in [0, 0.05) is 45.5 Å². The van der Waals surface area contributed by atoms with Crippen LogP contribution >= 0.6 is 0 Å². The van der Waals surface area contributed by atoms with Crippen molar-refractivity contribution in [2.75, 3.05) is 36.4 Å². The highest BCUT2D eigenvalue weighted by molar-refractivity contribution is 7.89. The average Bonchev–Trinajstić information content (AvgIpc) is 3.00. The van der Waals surface area contributed by atoms with E-state index in [1.165, 1.54) is 4.31 Å². The molecule has 0 atom stereocenters. The van der Waals surface area contributed by atoms with Gasteiger partial charge in [0.1, 0.15) is 28.2 Å². The van der Waals surface area contributed by atoms with Gasteiger partial charge in [-0.3, -0.25) is 4.68 Å². The Bertz CT molecular complexity index is 1190. The predicted octanol–water partition coefficient (Wildman–Crippen LogP) is 1.78. The smallest absolute Gasteiger partial charge is 0.246 e. The Kier molecular flexibility index (Phi) is 5.63. The molecule has 4 rings (SSSR count). The number of nitrogens with zero attached hydrogens (tertiary/aromatic N) is 7. The van der Waals surface area contributed by atoms with Crippen LogP contribution in [-0.2, 0) is 17.1 Å². The van der Waals surface area contributed by atoms with Gasteiger partial charge in [0.05, 0.1) is 11.4 Å². The Labute approximate surface area is 182 Å². The Morgan fingerprint density at radius 1 is 1.00 bits per heavy atom. The molecule has 0 aliphatic carbocycles. The van der Waals surface area contributed by atoms with Crippen molar-refractivity contribution in [3.63, 3.8) is 0 Å². The van der Waals surface area contributed by atoms with E-state index in [1.807, 2.05) is 31.2 Å². The highest BCUT2D eigenvalue weighted by Crippen LogP contribution is 2.26. The van der Waals surface area contributed by atoms with Gasteiger partial charge in [-0.15, -0.1) is 0 Å². The van der Waals surface area contributed by atoms with Crippen molar-refractivity contribution in [2.45, 2.75) is 25.7 Å². The van der Waals surface area contributed by atoms with Crippen molar-refractivity contribution in [3.8, 4) is 0 Å². The van der Waals surface area contributed by atoms with Crippen LogP contribution in [0.2, 0.25) is 0 Å². The first kappa shape index (κ1) is 21.2. The zero-order valence-corrected chi connectivity index (χ0v) is 18.9. The molecule has 1 fully saturated rings. The van der Waals surface area contributed by atoms with Crippen molar-refractivity contribution >= 4 is 27.5 Å². The molecule has 0 amide bonds. The molecule has 0 unspecified atom stereocenters. The fraction of sp³-hybridized carbons (Fsp3) is 0.400. The number of nitrogens with one attached hydrogen (secondary N) is 1. The van der Waals surface area contributed by atoms with Crippen LogP contribution in [0.15, 0.2) is 35.4 Å². The molecule has 11 heteroatoms. The predicted molar refractivity (Wildman–Crippen MR) is 118 cm³/mol. The van der Waals surface area contributed by atoms with E-state index >= 15 is 0 Å². The molecule has 0 aromatic carbocycles. The number of sulfonamides is 1. The van der Waals surface area contributed by atoms with Gasteiger partial charge in [-0.2, -0.15) is 9.40 Å². The van der Waals surface area contributed by atoms with Gasteiger partial charge in [0.2, 0.25) is 10.0 Å². The van der Waals surface area contributed by atoms with Crippen LogP contribution in [-0.4, -0.2) is 63.6 Å². The van der Waals surface area contributed by atoms with Gasteiger partial charge in [0.15, 0.2) is 0 Å². The lowest BCUT2D eigenvalue weighted by molar-refractivity contribution is 0.383. The molecule has 31 heavy (non-hydrogen) atoms. The lowest BCUT2D eigenvalue weighted by atomic mass is 10.3. The van der Waals surface area contributed by atoms with E-state index in [1.54, 1.807) is 31.8 Å². The van der Waals surface area contributed by atoms with Gasteiger partial charge in [-0.1, -0.05) is 6.07 Å². The van der Waals surface area contributed by atoms with Crippen LogP contribution in [0.4, 0.5) is 17.5 Å². The molecule has 1 aliphatic rings. The van der Waals surface area contributed by atoms with Gasteiger partial charge < -0.3 is 10.2 Å². The van der Waals surface area contributed by atoms with Gasteiger partial charge in [0.25, 0.3) is 0 Å². The topological polar surface area (TPSA) is 109 Å². The minimum Gasteiger partial charge on any atom is -0.354 e. The summed E-state index contributed by atoms with van der Waals surface area (Å²) in [5.41, 5.74) is 1.18. The summed E-state index contributed by atoms with van der Waals surface area (Å²) in [5.74, 6) is 2.74. The molecule has 0 saturated carbocycles. The monoisotopic (exact) mass is 442 g/mol. The second kappa shape index (κ2) is 8.23. The molecule has 1 saturated heterocycles. The molecule has 0 radical (unpaired) electrons. The van der Waals surface area contributed by atoms with E-state index < -0.39 is 10.0 Å². The van der Waals surface area contributed by atoms with Crippen molar-refractivity contribution in [1.82, 2.24) is 29.0 Å². The van der Waals surface area contributed by atoms with E-state index in [0.29, 0.717) is 59.9 Å². The highest BCUT2D eigenvalue weighted by Gasteiger charge is 2.33. The molecular formula is C20H26N8O2S.